The molecule has 2 saturated heterocycles. The SMILES string of the molecule is O=C1CC2(CCCCN2C(=O)c2ccco2)CN1Cc1ccccc1. The van der Waals surface area contributed by atoms with Gasteiger partial charge in [-0.25, -0.2) is 0 Å². The van der Waals surface area contributed by atoms with E-state index in [4.69, 9.17) is 4.42 Å². The predicted molar refractivity (Wildman–Crippen MR) is 92.8 cm³/mol. The van der Waals surface area contributed by atoms with Gasteiger partial charge in [-0.1, -0.05) is 30.3 Å². The number of carbonyl (C=O) groups excluding carboxylic acids is 2. The van der Waals surface area contributed by atoms with Gasteiger partial charge >= 0.3 is 0 Å². The minimum absolute atomic E-state index is 0.0981. The molecule has 0 bridgehead atoms. The van der Waals surface area contributed by atoms with Crippen LogP contribution in [0.15, 0.2) is 53.1 Å². The summed E-state index contributed by atoms with van der Waals surface area (Å²) in [6.07, 6.45) is 4.82. The van der Waals surface area contributed by atoms with Crippen LogP contribution < -0.4 is 0 Å². The Hall–Kier alpha value is -2.56. The Balaban J connectivity index is 1.57. The molecular formula is C20H22N2O3. The van der Waals surface area contributed by atoms with Gasteiger partial charge in [0.1, 0.15) is 0 Å². The quantitative estimate of drug-likeness (QED) is 0.864. The Bertz CT molecular complexity index is 757. The molecule has 3 heterocycles. The maximum atomic E-state index is 12.9. The van der Waals surface area contributed by atoms with Gasteiger partial charge in [0, 0.05) is 19.6 Å². The Morgan fingerprint density at radius 3 is 2.72 bits per heavy atom. The first kappa shape index (κ1) is 15.9. The monoisotopic (exact) mass is 338 g/mol. The fourth-order valence-corrected chi connectivity index (χ4v) is 4.14. The average Bonchev–Trinajstić information content (AvgIpc) is 3.25. The van der Waals surface area contributed by atoms with Crippen molar-refractivity contribution in [1.82, 2.24) is 9.80 Å². The van der Waals surface area contributed by atoms with Crippen LogP contribution in [0.1, 0.15) is 41.8 Å². The number of hydrogen-bond acceptors (Lipinski definition) is 3. The van der Waals surface area contributed by atoms with Crippen molar-refractivity contribution in [3.05, 3.63) is 60.1 Å². The summed E-state index contributed by atoms with van der Waals surface area (Å²) in [4.78, 5) is 29.3. The van der Waals surface area contributed by atoms with Crippen molar-refractivity contribution < 1.29 is 14.0 Å². The van der Waals surface area contributed by atoms with Gasteiger partial charge in [0.15, 0.2) is 5.76 Å². The molecule has 0 saturated carbocycles. The maximum Gasteiger partial charge on any atom is 0.290 e. The van der Waals surface area contributed by atoms with Crippen LogP contribution in [0, 0.1) is 0 Å². The summed E-state index contributed by atoms with van der Waals surface area (Å²) in [5.74, 6) is 0.386. The number of benzene rings is 1. The number of rotatable bonds is 3. The number of amides is 2. The fourth-order valence-electron chi connectivity index (χ4n) is 4.14. The predicted octanol–water partition coefficient (Wildman–Crippen LogP) is 3.08. The van der Waals surface area contributed by atoms with Crippen molar-refractivity contribution in [3.63, 3.8) is 0 Å². The molecular weight excluding hydrogens is 316 g/mol. The molecule has 2 amide bonds. The van der Waals surface area contributed by atoms with Crippen LogP contribution in [0.25, 0.3) is 0 Å². The number of hydrogen-bond donors (Lipinski definition) is 0. The molecule has 25 heavy (non-hydrogen) atoms. The maximum absolute atomic E-state index is 12.9. The highest BCUT2D eigenvalue weighted by molar-refractivity contribution is 5.93. The van der Waals surface area contributed by atoms with E-state index in [2.05, 4.69) is 0 Å². The zero-order valence-corrected chi connectivity index (χ0v) is 14.2. The lowest BCUT2D eigenvalue weighted by atomic mass is 9.85. The molecule has 2 fully saturated rings. The first-order valence-corrected chi connectivity index (χ1v) is 8.85. The van der Waals surface area contributed by atoms with E-state index in [0.29, 0.717) is 31.8 Å². The molecule has 5 heteroatoms. The number of furan rings is 1. The summed E-state index contributed by atoms with van der Waals surface area (Å²) in [6.45, 7) is 1.89. The molecule has 1 spiro atoms. The van der Waals surface area contributed by atoms with Crippen LogP contribution in [0.2, 0.25) is 0 Å². The second-order valence-electron chi connectivity index (χ2n) is 7.03. The van der Waals surface area contributed by atoms with Gasteiger partial charge in [-0.15, -0.1) is 0 Å². The van der Waals surface area contributed by atoms with Gasteiger partial charge in [0.05, 0.1) is 18.2 Å². The number of likely N-dealkylation sites (tertiary alicyclic amines) is 2. The smallest absolute Gasteiger partial charge is 0.290 e. The van der Waals surface area contributed by atoms with Gasteiger partial charge in [-0.2, -0.15) is 0 Å². The third-order valence-corrected chi connectivity index (χ3v) is 5.36. The molecule has 1 aromatic carbocycles. The molecule has 1 unspecified atom stereocenters. The van der Waals surface area contributed by atoms with Crippen LogP contribution in [0.3, 0.4) is 0 Å². The molecule has 130 valence electrons. The highest BCUT2D eigenvalue weighted by Gasteiger charge is 2.50. The van der Waals surface area contributed by atoms with E-state index in [9.17, 15) is 9.59 Å². The van der Waals surface area contributed by atoms with Crippen molar-refractivity contribution in [2.75, 3.05) is 13.1 Å². The van der Waals surface area contributed by atoms with E-state index >= 15 is 0 Å². The Labute approximate surface area is 147 Å². The van der Waals surface area contributed by atoms with Crippen molar-refractivity contribution >= 4 is 11.8 Å². The van der Waals surface area contributed by atoms with E-state index in [1.54, 1.807) is 12.1 Å². The summed E-state index contributed by atoms with van der Waals surface area (Å²) in [7, 11) is 0. The van der Waals surface area contributed by atoms with E-state index < -0.39 is 5.54 Å². The Morgan fingerprint density at radius 1 is 1.12 bits per heavy atom. The van der Waals surface area contributed by atoms with Gasteiger partial charge in [0.2, 0.25) is 5.91 Å². The van der Waals surface area contributed by atoms with Crippen LogP contribution >= 0.6 is 0 Å². The molecule has 1 aromatic heterocycles. The molecule has 1 atom stereocenters. The minimum Gasteiger partial charge on any atom is -0.459 e. The first-order chi connectivity index (χ1) is 12.2. The molecule has 4 rings (SSSR count). The lowest BCUT2D eigenvalue weighted by Gasteiger charge is -2.44. The summed E-state index contributed by atoms with van der Waals surface area (Å²) in [5.41, 5.74) is 0.723. The van der Waals surface area contributed by atoms with E-state index in [1.165, 1.54) is 6.26 Å². The second kappa shape index (κ2) is 6.39. The van der Waals surface area contributed by atoms with Crippen LogP contribution in [-0.4, -0.2) is 40.2 Å². The van der Waals surface area contributed by atoms with Crippen molar-refractivity contribution in [1.29, 1.82) is 0 Å². The average molecular weight is 338 g/mol. The zero-order chi connectivity index (χ0) is 17.3. The molecule has 2 aliphatic heterocycles. The number of piperidine rings is 1. The summed E-state index contributed by atoms with van der Waals surface area (Å²) < 4.78 is 5.31. The Morgan fingerprint density at radius 2 is 1.96 bits per heavy atom. The van der Waals surface area contributed by atoms with Crippen molar-refractivity contribution in [2.24, 2.45) is 0 Å². The molecule has 2 aromatic rings. The summed E-state index contributed by atoms with van der Waals surface area (Å²) >= 11 is 0. The molecule has 0 N–H and O–H groups in total. The number of carbonyl (C=O) groups is 2. The minimum atomic E-state index is -0.395. The molecule has 0 aliphatic carbocycles. The molecule has 2 aliphatic rings. The fraction of sp³-hybridized carbons (Fsp3) is 0.400. The van der Waals surface area contributed by atoms with Crippen molar-refractivity contribution in [3.8, 4) is 0 Å². The van der Waals surface area contributed by atoms with E-state index in [0.717, 1.165) is 24.8 Å². The highest BCUT2D eigenvalue weighted by Crippen LogP contribution is 2.38. The number of nitrogens with zero attached hydrogens (tertiary/aromatic N) is 2. The zero-order valence-electron chi connectivity index (χ0n) is 14.2. The molecule has 0 radical (unpaired) electrons. The second-order valence-corrected chi connectivity index (χ2v) is 7.03. The van der Waals surface area contributed by atoms with Gasteiger partial charge in [-0.3, -0.25) is 9.59 Å². The van der Waals surface area contributed by atoms with Gasteiger partial charge in [0.25, 0.3) is 5.91 Å². The standard InChI is InChI=1S/C20H22N2O3/c23-18-13-20(15-21(18)14-16-7-2-1-3-8-16)10-4-5-11-22(20)19(24)17-9-6-12-25-17/h1-3,6-9,12H,4-5,10-11,13-15H2. The normalized spacial score (nSPS) is 23.4. The Kier molecular flexibility index (Phi) is 4.07. The lowest BCUT2D eigenvalue weighted by Crippen LogP contribution is -2.56. The lowest BCUT2D eigenvalue weighted by molar-refractivity contribution is -0.128. The van der Waals surface area contributed by atoms with Gasteiger partial charge in [-0.05, 0) is 37.0 Å². The van der Waals surface area contributed by atoms with Crippen LogP contribution in [0.5, 0.6) is 0 Å². The van der Waals surface area contributed by atoms with Crippen LogP contribution in [-0.2, 0) is 11.3 Å². The van der Waals surface area contributed by atoms with E-state index in [1.807, 2.05) is 40.1 Å². The van der Waals surface area contributed by atoms with E-state index in [-0.39, 0.29) is 11.8 Å². The highest BCUT2D eigenvalue weighted by atomic mass is 16.3. The third-order valence-electron chi connectivity index (χ3n) is 5.36. The molecule has 5 nitrogen and oxygen atoms in total. The topological polar surface area (TPSA) is 53.8 Å². The third kappa shape index (κ3) is 2.95. The largest absolute Gasteiger partial charge is 0.459 e. The summed E-state index contributed by atoms with van der Waals surface area (Å²) in [6, 6.07) is 13.4. The summed E-state index contributed by atoms with van der Waals surface area (Å²) in [5, 5.41) is 0. The van der Waals surface area contributed by atoms with Crippen LogP contribution in [0.4, 0.5) is 0 Å². The van der Waals surface area contributed by atoms with Crippen molar-refractivity contribution in [2.45, 2.75) is 37.8 Å². The van der Waals surface area contributed by atoms with Gasteiger partial charge < -0.3 is 14.2 Å². The first-order valence-electron chi connectivity index (χ1n) is 8.85.